The summed E-state index contributed by atoms with van der Waals surface area (Å²) in [5.41, 5.74) is 8.24. The lowest BCUT2D eigenvalue weighted by molar-refractivity contribution is 0.181. The van der Waals surface area contributed by atoms with Crippen molar-refractivity contribution >= 4 is 0 Å². The van der Waals surface area contributed by atoms with Gasteiger partial charge in [-0.15, -0.1) is 0 Å². The fourth-order valence-electron chi connectivity index (χ4n) is 3.21. The van der Waals surface area contributed by atoms with Crippen LogP contribution in [0, 0.1) is 11.6 Å². The van der Waals surface area contributed by atoms with Crippen LogP contribution in [0.1, 0.15) is 23.5 Å². The van der Waals surface area contributed by atoms with Crippen LogP contribution in [0.2, 0.25) is 0 Å². The second-order valence-corrected chi connectivity index (χ2v) is 6.07. The van der Waals surface area contributed by atoms with Gasteiger partial charge in [-0.1, -0.05) is 24.3 Å². The smallest absolute Gasteiger partial charge is 0.123 e. The largest absolute Gasteiger partial charge is 0.327 e. The number of halogens is 2. The first-order valence-corrected chi connectivity index (χ1v) is 7.58. The van der Waals surface area contributed by atoms with Crippen molar-refractivity contribution in [2.24, 2.45) is 5.73 Å². The van der Waals surface area contributed by atoms with E-state index in [9.17, 15) is 8.78 Å². The first-order chi connectivity index (χ1) is 10.6. The molecule has 2 aromatic carbocycles. The van der Waals surface area contributed by atoms with Crippen LogP contribution in [0.4, 0.5) is 8.78 Å². The van der Waals surface area contributed by atoms with Gasteiger partial charge in [0.15, 0.2) is 0 Å². The van der Waals surface area contributed by atoms with Crippen molar-refractivity contribution in [3.63, 3.8) is 0 Å². The molecule has 0 aromatic heterocycles. The fraction of sp³-hybridized carbons (Fsp3) is 0.333. The van der Waals surface area contributed by atoms with Gasteiger partial charge in [-0.2, -0.15) is 0 Å². The van der Waals surface area contributed by atoms with Crippen LogP contribution >= 0.6 is 0 Å². The highest BCUT2D eigenvalue weighted by Gasteiger charge is 2.26. The lowest BCUT2D eigenvalue weighted by atomic mass is 9.88. The summed E-state index contributed by atoms with van der Waals surface area (Å²) in [6.07, 6.45) is 0.864. The van der Waals surface area contributed by atoms with Crippen molar-refractivity contribution in [1.29, 1.82) is 0 Å². The summed E-state index contributed by atoms with van der Waals surface area (Å²) in [6.45, 7) is 2.39. The molecule has 0 saturated carbocycles. The molecule has 0 bridgehead atoms. The van der Waals surface area contributed by atoms with Crippen molar-refractivity contribution in [2.75, 3.05) is 13.1 Å². The van der Waals surface area contributed by atoms with Gasteiger partial charge in [-0.05, 0) is 47.7 Å². The Bertz CT molecular complexity index is 627. The molecular weight excluding hydrogens is 282 g/mol. The van der Waals surface area contributed by atoms with E-state index in [1.165, 1.54) is 18.2 Å². The number of hydrogen-bond acceptors (Lipinski definition) is 2. The monoisotopic (exact) mass is 302 g/mol. The van der Waals surface area contributed by atoms with Gasteiger partial charge in [0.1, 0.15) is 11.6 Å². The van der Waals surface area contributed by atoms with Crippen LogP contribution in [0.25, 0.3) is 0 Å². The van der Waals surface area contributed by atoms with E-state index in [0.29, 0.717) is 0 Å². The number of nitrogens with two attached hydrogens (primary N) is 1. The Kier molecular flexibility index (Phi) is 4.50. The molecular formula is C18H20F2N2. The first kappa shape index (κ1) is 15.1. The highest BCUT2D eigenvalue weighted by molar-refractivity contribution is 5.23. The average Bonchev–Trinajstić information content (AvgIpc) is 2.49. The standard InChI is InChI=1S/C18H20F2N2/c19-16-6-4-13(5-7-16)10-22-11-15(9-18(21)12-22)14-2-1-3-17(20)8-14/h1-8,15,18H,9-12,21H2. The minimum absolute atomic E-state index is 0.0717. The van der Waals surface area contributed by atoms with Crippen molar-refractivity contribution in [1.82, 2.24) is 4.90 Å². The molecule has 1 saturated heterocycles. The van der Waals surface area contributed by atoms with Crippen LogP contribution in [-0.4, -0.2) is 24.0 Å². The Morgan fingerprint density at radius 1 is 1.00 bits per heavy atom. The van der Waals surface area contributed by atoms with Crippen molar-refractivity contribution in [3.8, 4) is 0 Å². The van der Waals surface area contributed by atoms with E-state index in [4.69, 9.17) is 5.73 Å². The Hall–Kier alpha value is -1.78. The molecule has 1 aliphatic heterocycles. The average molecular weight is 302 g/mol. The van der Waals surface area contributed by atoms with Gasteiger partial charge in [0.2, 0.25) is 0 Å². The third kappa shape index (κ3) is 3.70. The van der Waals surface area contributed by atoms with E-state index in [2.05, 4.69) is 4.90 Å². The van der Waals surface area contributed by atoms with Crippen LogP contribution in [0.3, 0.4) is 0 Å². The van der Waals surface area contributed by atoms with Gasteiger partial charge in [-0.3, -0.25) is 4.90 Å². The zero-order valence-electron chi connectivity index (χ0n) is 12.4. The summed E-state index contributed by atoms with van der Waals surface area (Å²) >= 11 is 0. The Labute approximate surface area is 129 Å². The number of benzene rings is 2. The minimum atomic E-state index is -0.225. The third-order valence-corrected chi connectivity index (χ3v) is 4.20. The molecule has 0 spiro atoms. The highest BCUT2D eigenvalue weighted by Crippen LogP contribution is 2.27. The number of likely N-dealkylation sites (tertiary alicyclic amines) is 1. The Morgan fingerprint density at radius 3 is 2.50 bits per heavy atom. The SMILES string of the molecule is NC1CC(c2cccc(F)c2)CN(Cc2ccc(F)cc2)C1. The van der Waals surface area contributed by atoms with Crippen LogP contribution < -0.4 is 5.73 Å². The van der Waals surface area contributed by atoms with E-state index >= 15 is 0 Å². The molecule has 1 heterocycles. The second kappa shape index (κ2) is 6.55. The van der Waals surface area contributed by atoms with Crippen LogP contribution in [0.15, 0.2) is 48.5 Å². The molecule has 2 aromatic rings. The molecule has 0 aliphatic carbocycles. The maximum atomic E-state index is 13.4. The van der Waals surface area contributed by atoms with Gasteiger partial charge in [0, 0.05) is 25.7 Å². The van der Waals surface area contributed by atoms with E-state index < -0.39 is 0 Å². The Balaban J connectivity index is 1.72. The molecule has 2 N–H and O–H groups in total. The van der Waals surface area contributed by atoms with Gasteiger partial charge in [0.25, 0.3) is 0 Å². The van der Waals surface area contributed by atoms with Gasteiger partial charge in [0.05, 0.1) is 0 Å². The molecule has 3 rings (SSSR count). The van der Waals surface area contributed by atoms with Crippen LogP contribution in [0.5, 0.6) is 0 Å². The predicted molar refractivity (Wildman–Crippen MR) is 83.4 cm³/mol. The Morgan fingerprint density at radius 2 is 1.77 bits per heavy atom. The lowest BCUT2D eigenvalue weighted by Gasteiger charge is -2.36. The molecule has 4 heteroatoms. The maximum Gasteiger partial charge on any atom is 0.123 e. The summed E-state index contributed by atoms with van der Waals surface area (Å²) in [5, 5.41) is 0. The molecule has 2 unspecified atom stereocenters. The molecule has 2 atom stereocenters. The number of rotatable bonds is 3. The quantitative estimate of drug-likeness (QED) is 0.943. The van der Waals surface area contributed by atoms with Crippen molar-refractivity contribution in [2.45, 2.75) is 24.9 Å². The molecule has 116 valence electrons. The summed E-state index contributed by atoms with van der Waals surface area (Å²) in [5.74, 6) is -0.196. The lowest BCUT2D eigenvalue weighted by Crippen LogP contribution is -2.45. The number of piperidine rings is 1. The van der Waals surface area contributed by atoms with Crippen molar-refractivity contribution < 1.29 is 8.78 Å². The normalized spacial score (nSPS) is 22.7. The summed E-state index contributed by atoms with van der Waals surface area (Å²) < 4.78 is 26.4. The van der Waals surface area contributed by atoms with Gasteiger partial charge < -0.3 is 5.73 Å². The maximum absolute atomic E-state index is 13.4. The van der Waals surface area contributed by atoms with E-state index in [1.54, 1.807) is 24.3 Å². The number of hydrogen-bond donors (Lipinski definition) is 1. The van der Waals surface area contributed by atoms with Crippen molar-refractivity contribution in [3.05, 3.63) is 71.3 Å². The summed E-state index contributed by atoms with van der Waals surface area (Å²) in [7, 11) is 0. The highest BCUT2D eigenvalue weighted by atomic mass is 19.1. The topological polar surface area (TPSA) is 29.3 Å². The second-order valence-electron chi connectivity index (χ2n) is 6.07. The van der Waals surface area contributed by atoms with E-state index in [-0.39, 0.29) is 23.6 Å². The molecule has 0 amide bonds. The summed E-state index contributed by atoms with van der Waals surface area (Å²) in [6, 6.07) is 13.4. The van der Waals surface area contributed by atoms with Gasteiger partial charge >= 0.3 is 0 Å². The first-order valence-electron chi connectivity index (χ1n) is 7.58. The zero-order valence-corrected chi connectivity index (χ0v) is 12.4. The molecule has 0 radical (unpaired) electrons. The van der Waals surface area contributed by atoms with E-state index in [0.717, 1.165) is 37.2 Å². The molecule has 22 heavy (non-hydrogen) atoms. The van der Waals surface area contributed by atoms with Gasteiger partial charge in [-0.25, -0.2) is 8.78 Å². The van der Waals surface area contributed by atoms with E-state index in [1.807, 2.05) is 6.07 Å². The van der Waals surface area contributed by atoms with Crippen LogP contribution in [-0.2, 0) is 6.54 Å². The number of nitrogens with zero attached hydrogens (tertiary/aromatic N) is 1. The third-order valence-electron chi connectivity index (χ3n) is 4.20. The molecule has 1 fully saturated rings. The predicted octanol–water partition coefficient (Wildman–Crippen LogP) is 3.28. The minimum Gasteiger partial charge on any atom is -0.327 e. The summed E-state index contributed by atoms with van der Waals surface area (Å²) in [4.78, 5) is 2.26. The molecule has 1 aliphatic rings. The fourth-order valence-corrected chi connectivity index (χ4v) is 3.21. The zero-order chi connectivity index (χ0) is 15.5. The molecule has 2 nitrogen and oxygen atoms in total.